The van der Waals surface area contributed by atoms with E-state index in [-0.39, 0.29) is 0 Å². The number of hydrogen-bond donors (Lipinski definition) is 2. The molecular formula is C12H39N3O3P2. The molecule has 0 heterocycles. The highest BCUT2D eigenvalue weighted by molar-refractivity contribution is 7.55. The maximum absolute atomic E-state index is 4.67. The van der Waals surface area contributed by atoms with Crippen molar-refractivity contribution in [3.8, 4) is 0 Å². The van der Waals surface area contributed by atoms with Gasteiger partial charge in [-0.2, -0.15) is 0 Å². The Labute approximate surface area is 130 Å². The molecule has 0 aliphatic carbocycles. The Bertz CT molecular complexity index is 103. The average Bonchev–Trinajstić information content (AvgIpc) is 2.33. The summed E-state index contributed by atoms with van der Waals surface area (Å²) in [7, 11) is 15.2. The molecule has 20 heavy (non-hydrogen) atoms. The largest absolute Gasteiger partial charge is 0.333 e. The molecule has 0 spiro atoms. The number of rotatable bonds is 3. The van der Waals surface area contributed by atoms with Gasteiger partial charge in [0.1, 0.15) is 0 Å². The van der Waals surface area contributed by atoms with Crippen molar-refractivity contribution in [1.82, 2.24) is 10.2 Å². The third-order valence-electron chi connectivity index (χ3n) is 0.447. The molecule has 0 atom stereocenters. The molecule has 130 valence electrons. The highest BCUT2D eigenvalue weighted by atomic mass is 31.2. The Balaban J connectivity index is -0.0000000505. The number of hydrogen-bond acceptors (Lipinski definition) is 6. The van der Waals surface area contributed by atoms with Crippen LogP contribution in [0.15, 0.2) is 0 Å². The normalized spacial score (nSPS) is 8.40. The summed E-state index contributed by atoms with van der Waals surface area (Å²) >= 11 is 0. The highest BCUT2D eigenvalue weighted by Crippen LogP contribution is 2.35. The zero-order valence-electron chi connectivity index (χ0n) is 15.6. The third-order valence-corrected chi connectivity index (χ3v) is 1.34. The van der Waals surface area contributed by atoms with Crippen molar-refractivity contribution in [1.29, 1.82) is 0 Å². The Kier molecular flexibility index (Phi) is 59.6. The first-order valence-corrected chi connectivity index (χ1v) is 9.81. The minimum atomic E-state index is -1.05. The molecule has 0 unspecified atom stereocenters. The predicted octanol–water partition coefficient (Wildman–Crippen LogP) is 2.10. The van der Waals surface area contributed by atoms with Crippen molar-refractivity contribution in [3.63, 3.8) is 0 Å². The van der Waals surface area contributed by atoms with Crippen molar-refractivity contribution in [2.75, 3.05) is 83.6 Å². The zero-order chi connectivity index (χ0) is 17.6. The van der Waals surface area contributed by atoms with E-state index in [0.717, 1.165) is 0 Å². The summed E-state index contributed by atoms with van der Waals surface area (Å²) in [6.45, 7) is 6.69. The summed E-state index contributed by atoms with van der Waals surface area (Å²) in [6, 6.07) is 0. The predicted molar refractivity (Wildman–Crippen MR) is 97.3 cm³/mol. The second kappa shape index (κ2) is 36.7. The first kappa shape index (κ1) is 32.5. The molecule has 8 heteroatoms. The van der Waals surface area contributed by atoms with E-state index in [9.17, 15) is 0 Å². The van der Waals surface area contributed by atoms with Crippen LogP contribution in [0.1, 0.15) is 0 Å². The molecule has 3 N–H and O–H groups in total. The van der Waals surface area contributed by atoms with Gasteiger partial charge in [0.15, 0.2) is 0 Å². The molecule has 0 aromatic rings. The third kappa shape index (κ3) is 132. The van der Waals surface area contributed by atoms with Gasteiger partial charge < -0.3 is 29.5 Å². The van der Waals surface area contributed by atoms with Crippen molar-refractivity contribution >= 4 is 16.5 Å². The second-order valence-corrected chi connectivity index (χ2v) is 8.18. The van der Waals surface area contributed by atoms with Crippen LogP contribution >= 0.6 is 16.5 Å². The lowest BCUT2D eigenvalue weighted by molar-refractivity contribution is 0.239. The molecule has 0 rings (SSSR count). The van der Waals surface area contributed by atoms with E-state index in [1.807, 2.05) is 40.1 Å². The fraction of sp³-hybridized carbons (Fsp3) is 1.00. The van der Waals surface area contributed by atoms with Crippen LogP contribution in [0.4, 0.5) is 0 Å². The van der Waals surface area contributed by atoms with E-state index in [4.69, 9.17) is 0 Å². The SMILES string of the molecule is CN.CN(C)C.CNC.COP(OC)OC.CP(C)C. The smallest absolute Gasteiger partial charge is 0.331 e. The lowest BCUT2D eigenvalue weighted by atomic mass is 11.0. The van der Waals surface area contributed by atoms with Gasteiger partial charge in [-0.3, -0.25) is 0 Å². The fourth-order valence-electron chi connectivity index (χ4n) is 0.224. The van der Waals surface area contributed by atoms with Crippen LogP contribution in [0, 0.1) is 0 Å². The summed E-state index contributed by atoms with van der Waals surface area (Å²) in [5.74, 6) is 0. The van der Waals surface area contributed by atoms with Gasteiger partial charge in [0.2, 0.25) is 0 Å². The van der Waals surface area contributed by atoms with Crippen LogP contribution in [0.25, 0.3) is 0 Å². The van der Waals surface area contributed by atoms with Crippen molar-refractivity contribution in [3.05, 3.63) is 0 Å². The van der Waals surface area contributed by atoms with E-state index in [2.05, 4.69) is 44.6 Å². The Hall–Kier alpha value is 0.620. The van der Waals surface area contributed by atoms with E-state index in [1.54, 1.807) is 21.3 Å². The van der Waals surface area contributed by atoms with Gasteiger partial charge in [0.25, 0.3) is 0 Å². The van der Waals surface area contributed by atoms with Gasteiger partial charge in [0, 0.05) is 21.3 Å². The molecule has 0 radical (unpaired) electrons. The highest BCUT2D eigenvalue weighted by Gasteiger charge is 2.00. The molecular weight excluding hydrogens is 296 g/mol. The van der Waals surface area contributed by atoms with Gasteiger partial charge in [-0.15, -0.1) is 7.92 Å². The van der Waals surface area contributed by atoms with Crippen LogP contribution in [0.5, 0.6) is 0 Å². The van der Waals surface area contributed by atoms with Gasteiger partial charge in [0.05, 0.1) is 0 Å². The monoisotopic (exact) mass is 335 g/mol. The standard InChI is InChI=1S/C3H9N.C3H9O3P.C3H9P.C2H7N.CH5N/c1-4(2)3;1-4-7(5-2)6-3;1-4(2)3;1-3-2;1-2/h1-3H3;1-3H3;1-3H3;3H,1-2H3;2H2,1H3. The molecule has 0 aromatic heterocycles. The van der Waals surface area contributed by atoms with Crippen LogP contribution in [0.3, 0.4) is 0 Å². The van der Waals surface area contributed by atoms with E-state index in [1.165, 1.54) is 7.05 Å². The molecule has 0 aromatic carbocycles. The quantitative estimate of drug-likeness (QED) is 0.770. The maximum Gasteiger partial charge on any atom is 0.331 e. The minimum absolute atomic E-state index is 0.380. The molecule has 0 amide bonds. The summed E-state index contributed by atoms with van der Waals surface area (Å²) < 4.78 is 14.0. The van der Waals surface area contributed by atoms with Crippen LogP contribution in [0.2, 0.25) is 0 Å². The molecule has 0 fully saturated rings. The van der Waals surface area contributed by atoms with E-state index >= 15 is 0 Å². The van der Waals surface area contributed by atoms with Gasteiger partial charge >= 0.3 is 8.60 Å². The number of nitrogens with zero attached hydrogens (tertiary/aromatic N) is 1. The summed E-state index contributed by atoms with van der Waals surface area (Å²) in [6.07, 6.45) is 0. The lowest BCUT2D eigenvalue weighted by Crippen LogP contribution is -1.99. The molecule has 0 bridgehead atoms. The van der Waals surface area contributed by atoms with Crippen molar-refractivity contribution in [2.24, 2.45) is 5.73 Å². The molecule has 0 saturated heterocycles. The Morgan fingerprint density at radius 2 is 0.900 bits per heavy atom. The number of nitrogens with one attached hydrogen (secondary N) is 1. The first-order chi connectivity index (χ1) is 9.22. The average molecular weight is 335 g/mol. The Morgan fingerprint density at radius 3 is 0.900 bits per heavy atom. The topological polar surface area (TPSA) is 69.0 Å². The Morgan fingerprint density at radius 1 is 0.800 bits per heavy atom. The summed E-state index contributed by atoms with van der Waals surface area (Å²) in [4.78, 5) is 2.00. The van der Waals surface area contributed by atoms with Gasteiger partial charge in [-0.1, -0.05) is 0 Å². The molecule has 0 aliphatic rings. The van der Waals surface area contributed by atoms with Crippen LogP contribution < -0.4 is 11.1 Å². The maximum atomic E-state index is 4.67. The van der Waals surface area contributed by atoms with Crippen molar-refractivity contribution in [2.45, 2.75) is 0 Å². The van der Waals surface area contributed by atoms with Crippen LogP contribution in [-0.4, -0.2) is 88.5 Å². The molecule has 6 nitrogen and oxygen atoms in total. The van der Waals surface area contributed by atoms with E-state index in [0.29, 0.717) is 7.92 Å². The summed E-state index contributed by atoms with van der Waals surface area (Å²) in [5.41, 5.74) is 4.50. The van der Waals surface area contributed by atoms with Crippen molar-refractivity contribution < 1.29 is 13.6 Å². The second-order valence-electron chi connectivity index (χ2n) is 3.95. The van der Waals surface area contributed by atoms with Gasteiger partial charge in [-0.05, 0) is 62.3 Å². The van der Waals surface area contributed by atoms with Crippen LogP contribution in [-0.2, 0) is 13.6 Å². The minimum Gasteiger partial charge on any atom is -0.333 e. The summed E-state index contributed by atoms with van der Waals surface area (Å²) in [5, 5.41) is 2.75. The van der Waals surface area contributed by atoms with Gasteiger partial charge in [-0.25, -0.2) is 0 Å². The molecule has 0 saturated carbocycles. The fourth-order valence-corrected chi connectivity index (χ4v) is 0.671. The molecule has 0 aliphatic heterocycles. The van der Waals surface area contributed by atoms with E-state index < -0.39 is 8.60 Å². The first-order valence-electron chi connectivity index (χ1n) is 6.03. The zero-order valence-corrected chi connectivity index (χ0v) is 17.4. The number of nitrogens with two attached hydrogens (primary N) is 1. The lowest BCUT2D eigenvalue weighted by Gasteiger charge is -2.05.